The molecule has 12 N–H and O–H groups in total. The first kappa shape index (κ1) is 80.0. The van der Waals surface area contributed by atoms with Crippen LogP contribution >= 0.6 is 0 Å². The largest absolute Gasteiger partial charge is 0.507 e. The van der Waals surface area contributed by atoms with Gasteiger partial charge in [-0.1, -0.05) is 101 Å². The van der Waals surface area contributed by atoms with Crippen LogP contribution in [-0.4, -0.2) is 231 Å². The second kappa shape index (κ2) is 28.8. The molecule has 30 heteroatoms. The molecule has 6 saturated heterocycles. The number of ketones is 4. The van der Waals surface area contributed by atoms with Crippen molar-refractivity contribution in [2.24, 2.45) is 45.3 Å². The molecule has 0 radical (unpaired) electrons. The van der Waals surface area contributed by atoms with Crippen molar-refractivity contribution in [3.8, 4) is 0 Å². The van der Waals surface area contributed by atoms with Gasteiger partial charge in [0, 0.05) is 25.7 Å². The summed E-state index contributed by atoms with van der Waals surface area (Å²) in [6.07, 6.45) is -0.245. The molecule has 11 rings (SSSR count). The van der Waals surface area contributed by atoms with Gasteiger partial charge in [-0.05, 0) is 111 Å². The summed E-state index contributed by atoms with van der Waals surface area (Å²) >= 11 is 0. The fourth-order valence-electron chi connectivity index (χ4n) is 16.8. The van der Waals surface area contributed by atoms with E-state index in [1.54, 1.807) is 27.7 Å². The van der Waals surface area contributed by atoms with Crippen molar-refractivity contribution < 1.29 is 147 Å². The van der Waals surface area contributed by atoms with Crippen molar-refractivity contribution in [3.05, 3.63) is 164 Å². The number of aliphatic hydroxyl groups excluding tert-OH is 12. The molecule has 22 atom stereocenters. The normalized spacial score (nSPS) is 43.3. The number of esters is 4. The summed E-state index contributed by atoms with van der Waals surface area (Å²) in [6, 6.07) is 0. The van der Waals surface area contributed by atoms with Crippen LogP contribution in [0.25, 0.3) is 0 Å². The number of carbonyl (C=O) groups is 10. The predicted molar refractivity (Wildman–Crippen MR) is 369 cm³/mol. The molecular weight excluding hydrogens is 1420 g/mol. The van der Waals surface area contributed by atoms with Gasteiger partial charge in [0.05, 0.1) is 48.1 Å². The van der Waals surface area contributed by atoms with Gasteiger partial charge in [-0.15, -0.1) is 0 Å². The van der Waals surface area contributed by atoms with Crippen LogP contribution < -0.4 is 0 Å². The number of fused-ring (bicyclic) bond motifs is 4. The third-order valence-corrected chi connectivity index (χ3v) is 23.7. The number of aldehydes is 2. The Bertz CT molecular complexity index is 4100. The molecule has 0 aromatic heterocycles. The zero-order valence-corrected chi connectivity index (χ0v) is 60.7. The molecule has 0 unspecified atom stereocenters. The maximum absolute atomic E-state index is 15.5. The number of hydrogen-bond donors (Lipinski definition) is 12. The van der Waals surface area contributed by atoms with E-state index >= 15 is 19.2 Å². The Morgan fingerprint density at radius 2 is 0.722 bits per heavy atom. The maximum Gasteiger partial charge on any atom is 0.346 e. The quantitative estimate of drug-likeness (QED) is 0.0492. The van der Waals surface area contributed by atoms with Crippen LogP contribution in [-0.2, 0) is 85.8 Å². The van der Waals surface area contributed by atoms with Gasteiger partial charge in [-0.25, -0.2) is 19.2 Å². The van der Waals surface area contributed by atoms with Gasteiger partial charge in [0.1, 0.15) is 107 Å². The molecule has 108 heavy (non-hydrogen) atoms. The average Bonchev–Trinajstić information content (AvgIpc) is 1.55. The van der Waals surface area contributed by atoms with Gasteiger partial charge in [0.15, 0.2) is 35.0 Å². The fourth-order valence-corrected chi connectivity index (χ4v) is 16.8. The number of ether oxygens (including phenoxy) is 8. The molecule has 0 aromatic carbocycles. The fraction of sp³-hybridized carbons (Fsp3) is 0.513. The minimum Gasteiger partial charge on any atom is -0.507 e. The summed E-state index contributed by atoms with van der Waals surface area (Å²) in [5, 5.41) is 132. The van der Waals surface area contributed by atoms with Gasteiger partial charge in [0.25, 0.3) is 0 Å². The third-order valence-electron chi connectivity index (χ3n) is 23.7. The summed E-state index contributed by atoms with van der Waals surface area (Å²) in [7, 11) is 0. The summed E-state index contributed by atoms with van der Waals surface area (Å²) in [5.74, 6) is -17.0. The molecule has 6 fully saturated rings. The molecule has 580 valence electrons. The first-order valence-electron chi connectivity index (χ1n) is 35.2. The summed E-state index contributed by atoms with van der Waals surface area (Å²) < 4.78 is 47.4. The Morgan fingerprint density at radius 1 is 0.426 bits per heavy atom. The van der Waals surface area contributed by atoms with Crippen LogP contribution in [0.3, 0.4) is 0 Å². The lowest BCUT2D eigenvalue weighted by Crippen LogP contribution is -2.59. The lowest BCUT2D eigenvalue weighted by molar-refractivity contribution is -0.299. The van der Waals surface area contributed by atoms with E-state index in [4.69, 9.17) is 37.9 Å². The Hall–Kier alpha value is -9.02. The molecule has 6 heterocycles. The van der Waals surface area contributed by atoms with Crippen LogP contribution in [0, 0.1) is 45.3 Å². The lowest BCUT2D eigenvalue weighted by Gasteiger charge is -2.46. The second-order valence-electron chi connectivity index (χ2n) is 30.8. The minimum atomic E-state index is -2.33. The van der Waals surface area contributed by atoms with E-state index in [2.05, 4.69) is 0 Å². The van der Waals surface area contributed by atoms with Gasteiger partial charge in [0.2, 0.25) is 23.1 Å². The van der Waals surface area contributed by atoms with E-state index < -0.39 is 261 Å². The molecule has 0 saturated carbocycles. The first-order chi connectivity index (χ1) is 50.6. The Balaban J connectivity index is 1.08. The number of hydrogen-bond acceptors (Lipinski definition) is 30. The van der Waals surface area contributed by atoms with E-state index in [1.807, 2.05) is 0 Å². The lowest BCUT2D eigenvalue weighted by atomic mass is 9.60. The first-order valence-corrected chi connectivity index (χ1v) is 35.2. The predicted octanol–water partition coefficient (Wildman–Crippen LogP) is 2.75. The van der Waals surface area contributed by atoms with Crippen LogP contribution in [0.5, 0.6) is 0 Å². The SMILES string of the molecule is C/C1=C\C=C\[C@]2(C)C=C(CO[C@H]3O[C@H](CO)[C@H](O)[C@H](O)[C@H]3O)[C@H](C)C[C@]23OC(=O)C(=C(O)/C=C/[C@]2(C)C=C(C=O)[C@H](C)C[C@]24OC(=O)C(=C(O)/C(C)=C/C=C/[C@]2(C)C=C(CO[C@H]5O[C@H](CO)[C@H](O)[C@H](O)[C@H]5O)[C@H](C)C[C@@]25OC(=O)C(=C(O)/C=C/[C@]2(C)C=C(C=O)[C@H](C)C[C@]26OC(=O)C(=C1O)C6=O)C5=O)C4=O)C3=O. The van der Waals surface area contributed by atoms with Crippen molar-refractivity contribution >= 4 is 59.6 Å². The standard InChI is InChI=1S/C78H88O30/c1-35-13-11-17-71(7)27-43(33-101-69-59(91)57(89)55(87)47(31-81)103-69)39(5)23-75(71)61(93)49(65(97)105-75)46(84)16-20-74(10)26-42(30-80)38(4)22-78(74)64(96)52(68(100)108-78)54(86)36(2)14-12-18-72(8)28-44(34-102-70-60(92)58(90)56(88)48(32-82)104-70)40(6)24-76(72)62(94)50(66(98)106-76)45(83)15-19-73(9)25-41(29-79)37(3)21-77(73)63(95)51(53(35)85)67(99)107-77/h11-20,25-30,37-40,47-48,55-60,69-70,81-92H,21-24,31-34H2,1-10H3/b17-11+,18-12+,19-15+,20-16+,35-13+,36-14+,49-46?,50-45?,53-51?,54-52?/t37-,38-,39-,40-,47-,48-,55+,56+,57+,58+,59-,60-,69+,70+,71-,72-,73-,74-,75-,76+,77-,78-/m1/s1. The van der Waals surface area contributed by atoms with Crippen molar-refractivity contribution in [1.82, 2.24) is 0 Å². The summed E-state index contributed by atoms with van der Waals surface area (Å²) in [5.41, 5.74) is -20.0. The highest BCUT2D eigenvalue weighted by Gasteiger charge is 2.69. The number of allylic oxidation sites excluding steroid dienone is 10. The number of aliphatic hydroxyl groups is 12. The van der Waals surface area contributed by atoms with Gasteiger partial charge >= 0.3 is 23.9 Å². The van der Waals surface area contributed by atoms with Crippen LogP contribution in [0.4, 0.5) is 0 Å². The number of carbonyl (C=O) groups excluding carboxylic acids is 10. The molecule has 5 aliphatic carbocycles. The van der Waals surface area contributed by atoms with Crippen molar-refractivity contribution in [3.63, 3.8) is 0 Å². The van der Waals surface area contributed by atoms with Crippen molar-refractivity contribution in [2.75, 3.05) is 26.4 Å². The monoisotopic (exact) mass is 1500 g/mol. The molecule has 0 aromatic rings. The van der Waals surface area contributed by atoms with Gasteiger partial charge in [-0.3, -0.25) is 28.8 Å². The smallest absolute Gasteiger partial charge is 0.346 e. The van der Waals surface area contributed by atoms with Gasteiger partial charge < -0.3 is 99.2 Å². The van der Waals surface area contributed by atoms with E-state index in [0.717, 1.165) is 24.3 Å². The Kier molecular flexibility index (Phi) is 21.3. The summed E-state index contributed by atoms with van der Waals surface area (Å²) in [6.45, 7) is 12.1. The Morgan fingerprint density at radius 3 is 1.04 bits per heavy atom. The van der Waals surface area contributed by atoms with Crippen molar-refractivity contribution in [1.29, 1.82) is 0 Å². The van der Waals surface area contributed by atoms with E-state index in [-0.39, 0.29) is 35.1 Å². The van der Waals surface area contributed by atoms with Crippen LogP contribution in [0.2, 0.25) is 0 Å². The van der Waals surface area contributed by atoms with Crippen LogP contribution in [0.1, 0.15) is 94.9 Å². The van der Waals surface area contributed by atoms with Crippen molar-refractivity contribution in [2.45, 2.75) is 179 Å². The summed E-state index contributed by atoms with van der Waals surface area (Å²) in [4.78, 5) is 145. The number of Topliss-reactive ketones (excluding diaryl/α,β-unsaturated/α-hetero) is 4. The second-order valence-corrected chi connectivity index (χ2v) is 30.8. The van der Waals surface area contributed by atoms with E-state index in [0.29, 0.717) is 23.7 Å². The zero-order valence-electron chi connectivity index (χ0n) is 60.7. The van der Waals surface area contributed by atoms with E-state index in [9.17, 15) is 90.0 Å². The molecule has 30 nitrogen and oxygen atoms in total. The molecule has 8 bridgehead atoms. The Labute approximate surface area is 618 Å². The van der Waals surface area contributed by atoms with E-state index in [1.165, 1.54) is 102 Å². The third kappa shape index (κ3) is 12.5. The molecular formula is C78H88O30. The number of rotatable bonds is 10. The average molecular weight is 1510 g/mol. The molecule has 0 amide bonds. The molecule has 11 aliphatic rings. The minimum absolute atomic E-state index is 0.0877. The zero-order chi connectivity index (χ0) is 79.4. The highest BCUT2D eigenvalue weighted by Crippen LogP contribution is 2.58. The van der Waals surface area contributed by atoms with Crippen LogP contribution in [0.15, 0.2) is 164 Å². The molecule has 4 spiro atoms. The highest BCUT2D eigenvalue weighted by molar-refractivity contribution is 6.29. The topological polar surface area (TPSA) is 487 Å². The molecule has 6 aliphatic heterocycles. The highest BCUT2D eigenvalue weighted by atomic mass is 16.7. The maximum atomic E-state index is 15.5. The van der Waals surface area contributed by atoms with Gasteiger partial charge in [-0.2, -0.15) is 0 Å².